The van der Waals surface area contributed by atoms with Crippen LogP contribution in [0.3, 0.4) is 0 Å². The summed E-state index contributed by atoms with van der Waals surface area (Å²) in [5.74, 6) is -0.113. The number of benzene rings is 3. The molecule has 0 aliphatic carbocycles. The number of nitrogens with one attached hydrogen (secondary N) is 3. The molecule has 3 aromatic carbocycles. The van der Waals surface area contributed by atoms with Crippen molar-refractivity contribution in [1.29, 1.82) is 0 Å². The van der Waals surface area contributed by atoms with Crippen LogP contribution in [0.15, 0.2) is 60.7 Å². The zero-order valence-electron chi connectivity index (χ0n) is 21.9. The Balaban J connectivity index is 1.28. The minimum absolute atomic E-state index is 0.0250. The van der Waals surface area contributed by atoms with E-state index in [0.717, 1.165) is 60.8 Å². The molecule has 0 bridgehead atoms. The van der Waals surface area contributed by atoms with E-state index in [9.17, 15) is 9.59 Å². The van der Waals surface area contributed by atoms with Crippen molar-refractivity contribution in [3.8, 4) is 0 Å². The predicted molar refractivity (Wildman–Crippen MR) is 150 cm³/mol. The first kappa shape index (κ1) is 25.4. The highest BCUT2D eigenvalue weighted by molar-refractivity contribution is 6.00. The third-order valence-electron chi connectivity index (χ3n) is 7.92. The average Bonchev–Trinajstić information content (AvgIpc) is 3.42. The van der Waals surface area contributed by atoms with Gasteiger partial charge in [-0.15, -0.1) is 0 Å². The number of amides is 2. The van der Waals surface area contributed by atoms with Crippen LogP contribution in [0.25, 0.3) is 10.8 Å². The van der Waals surface area contributed by atoms with Crippen LogP contribution in [0.4, 0.5) is 5.69 Å². The van der Waals surface area contributed by atoms with Gasteiger partial charge in [0.15, 0.2) is 0 Å². The number of hydrogen-bond acceptors (Lipinski definition) is 4. The van der Waals surface area contributed by atoms with Crippen molar-refractivity contribution in [2.75, 3.05) is 25.0 Å². The highest BCUT2D eigenvalue weighted by atomic mass is 16.2. The van der Waals surface area contributed by atoms with Crippen molar-refractivity contribution in [2.24, 2.45) is 0 Å². The zero-order valence-corrected chi connectivity index (χ0v) is 21.9. The van der Waals surface area contributed by atoms with Crippen LogP contribution in [0.1, 0.15) is 66.6 Å². The summed E-state index contributed by atoms with van der Waals surface area (Å²) in [6.45, 7) is 6.90. The summed E-state index contributed by atoms with van der Waals surface area (Å²) in [6, 6.07) is 20.2. The fourth-order valence-electron chi connectivity index (χ4n) is 5.85. The maximum Gasteiger partial charge on any atom is 0.252 e. The molecule has 1 unspecified atom stereocenters. The number of fused-ring (bicyclic) bond motifs is 1. The molecule has 5 rings (SSSR count). The number of rotatable bonds is 7. The number of aryl methyl sites for hydroxylation is 1. The molecule has 2 fully saturated rings. The lowest BCUT2D eigenvalue weighted by Gasteiger charge is -2.36. The second-order valence-corrected chi connectivity index (χ2v) is 10.6. The molecule has 6 nitrogen and oxygen atoms in total. The molecule has 3 aromatic rings. The van der Waals surface area contributed by atoms with Gasteiger partial charge in [-0.2, -0.15) is 0 Å². The number of hydrogen-bond donors (Lipinski definition) is 3. The van der Waals surface area contributed by atoms with E-state index in [2.05, 4.69) is 45.1 Å². The fourth-order valence-corrected chi connectivity index (χ4v) is 5.85. The van der Waals surface area contributed by atoms with Gasteiger partial charge in [0.1, 0.15) is 0 Å². The van der Waals surface area contributed by atoms with Gasteiger partial charge in [-0.3, -0.25) is 14.5 Å². The van der Waals surface area contributed by atoms with E-state index in [1.54, 1.807) is 0 Å². The summed E-state index contributed by atoms with van der Waals surface area (Å²) in [7, 11) is 0. The molecule has 3 atom stereocenters. The van der Waals surface area contributed by atoms with Gasteiger partial charge in [0.25, 0.3) is 5.91 Å². The van der Waals surface area contributed by atoms with Crippen molar-refractivity contribution < 1.29 is 9.59 Å². The van der Waals surface area contributed by atoms with E-state index in [1.165, 1.54) is 12.8 Å². The fraction of sp³-hybridized carbons (Fsp3) is 0.419. The molecule has 2 aliphatic heterocycles. The lowest BCUT2D eigenvalue weighted by molar-refractivity contribution is -0.122. The third-order valence-corrected chi connectivity index (χ3v) is 7.92. The summed E-state index contributed by atoms with van der Waals surface area (Å²) in [4.78, 5) is 29.0. The molecule has 37 heavy (non-hydrogen) atoms. The summed E-state index contributed by atoms with van der Waals surface area (Å²) in [5, 5.41) is 12.1. The minimum Gasteiger partial charge on any atom is -0.345 e. The maximum atomic E-state index is 13.3. The Labute approximate surface area is 219 Å². The Hall–Kier alpha value is -3.22. The smallest absolute Gasteiger partial charge is 0.252 e. The highest BCUT2D eigenvalue weighted by Gasteiger charge is 2.31. The Morgan fingerprint density at radius 2 is 1.86 bits per heavy atom. The van der Waals surface area contributed by atoms with E-state index in [0.29, 0.717) is 17.3 Å². The summed E-state index contributed by atoms with van der Waals surface area (Å²) in [5.41, 5.74) is 3.22. The normalized spacial score (nSPS) is 21.0. The maximum absolute atomic E-state index is 13.3. The van der Waals surface area contributed by atoms with Gasteiger partial charge in [-0.05, 0) is 86.7 Å². The average molecular weight is 499 g/mol. The van der Waals surface area contributed by atoms with Crippen molar-refractivity contribution in [2.45, 2.75) is 64.1 Å². The number of carbonyl (C=O) groups excluding carboxylic acids is 2. The van der Waals surface area contributed by atoms with Crippen LogP contribution in [0, 0.1) is 6.92 Å². The van der Waals surface area contributed by atoms with E-state index < -0.39 is 0 Å². The van der Waals surface area contributed by atoms with E-state index in [-0.39, 0.29) is 23.9 Å². The molecular formula is C31H38N4O2. The molecule has 0 radical (unpaired) electrons. The lowest BCUT2D eigenvalue weighted by Crippen LogP contribution is -2.51. The SMILES string of the molecule is Cc1ccc(NC(=O)C2CCCCN2C[C@H]2CCCN2)cc1C(=O)N[C@H](C)c1cccc2ccccc12. The van der Waals surface area contributed by atoms with Crippen LogP contribution < -0.4 is 16.0 Å². The number of carbonyl (C=O) groups is 2. The van der Waals surface area contributed by atoms with Gasteiger partial charge in [-0.1, -0.05) is 55.0 Å². The van der Waals surface area contributed by atoms with Gasteiger partial charge >= 0.3 is 0 Å². The summed E-state index contributed by atoms with van der Waals surface area (Å²) >= 11 is 0. The first-order chi connectivity index (χ1) is 18.0. The van der Waals surface area contributed by atoms with Crippen LogP contribution in [-0.4, -0.2) is 48.4 Å². The van der Waals surface area contributed by atoms with E-state index in [4.69, 9.17) is 0 Å². The molecule has 6 heteroatoms. The van der Waals surface area contributed by atoms with Crippen molar-refractivity contribution in [3.05, 3.63) is 77.4 Å². The first-order valence-corrected chi connectivity index (χ1v) is 13.7. The van der Waals surface area contributed by atoms with Crippen molar-refractivity contribution in [3.63, 3.8) is 0 Å². The molecule has 194 valence electrons. The second kappa shape index (κ2) is 11.4. The molecule has 2 saturated heterocycles. The quantitative estimate of drug-likeness (QED) is 0.420. The monoisotopic (exact) mass is 498 g/mol. The molecule has 0 aromatic heterocycles. The predicted octanol–water partition coefficient (Wildman–Crippen LogP) is 5.18. The van der Waals surface area contributed by atoms with Crippen LogP contribution in [0.2, 0.25) is 0 Å². The molecule has 2 aliphatic rings. The van der Waals surface area contributed by atoms with Gasteiger partial charge in [-0.25, -0.2) is 0 Å². The minimum atomic E-state index is -0.156. The van der Waals surface area contributed by atoms with Gasteiger partial charge < -0.3 is 16.0 Å². The molecule has 3 N–H and O–H groups in total. The Kier molecular flexibility index (Phi) is 7.87. The lowest BCUT2D eigenvalue weighted by atomic mass is 9.99. The number of nitrogens with zero attached hydrogens (tertiary/aromatic N) is 1. The van der Waals surface area contributed by atoms with Crippen LogP contribution >= 0.6 is 0 Å². The molecule has 2 heterocycles. The van der Waals surface area contributed by atoms with Gasteiger partial charge in [0.05, 0.1) is 12.1 Å². The third kappa shape index (κ3) is 5.86. The second-order valence-electron chi connectivity index (χ2n) is 10.6. The van der Waals surface area contributed by atoms with Gasteiger partial charge in [0.2, 0.25) is 5.91 Å². The first-order valence-electron chi connectivity index (χ1n) is 13.7. The van der Waals surface area contributed by atoms with Crippen molar-refractivity contribution >= 4 is 28.3 Å². The molecule has 0 spiro atoms. The molecule has 2 amide bonds. The number of piperidine rings is 1. The number of anilines is 1. The van der Waals surface area contributed by atoms with Crippen molar-refractivity contribution in [1.82, 2.24) is 15.5 Å². The van der Waals surface area contributed by atoms with E-state index >= 15 is 0 Å². The zero-order chi connectivity index (χ0) is 25.8. The molecule has 0 saturated carbocycles. The topological polar surface area (TPSA) is 73.5 Å². The Morgan fingerprint density at radius 3 is 2.70 bits per heavy atom. The largest absolute Gasteiger partial charge is 0.345 e. The van der Waals surface area contributed by atoms with E-state index in [1.807, 2.05) is 50.2 Å². The Morgan fingerprint density at radius 1 is 1.03 bits per heavy atom. The standard InChI is InChI=1S/C31H38N4O2/c1-21-15-16-24(34-31(37)29-14-5-6-18-35(29)20-25-11-8-17-32-25)19-28(21)30(36)33-22(2)26-13-7-10-23-9-3-4-12-27(23)26/h3-4,7,9-10,12-13,15-16,19,22,25,29,32H,5-6,8,11,14,17-18,20H2,1-2H3,(H,33,36)(H,34,37)/t22-,25-,29?/m1/s1. The molecular weight excluding hydrogens is 460 g/mol. The highest BCUT2D eigenvalue weighted by Crippen LogP contribution is 2.26. The number of likely N-dealkylation sites (tertiary alicyclic amines) is 1. The summed E-state index contributed by atoms with van der Waals surface area (Å²) < 4.78 is 0. The Bertz CT molecular complexity index is 1260. The van der Waals surface area contributed by atoms with Crippen LogP contribution in [-0.2, 0) is 4.79 Å². The van der Waals surface area contributed by atoms with Crippen LogP contribution in [0.5, 0.6) is 0 Å². The summed E-state index contributed by atoms with van der Waals surface area (Å²) in [6.07, 6.45) is 5.47. The van der Waals surface area contributed by atoms with Gasteiger partial charge in [0, 0.05) is 23.8 Å².